The number of methoxy groups -OCH3 is 1. The summed E-state index contributed by atoms with van der Waals surface area (Å²) in [6, 6.07) is 26.3. The lowest BCUT2D eigenvalue weighted by molar-refractivity contribution is 0.151. The van der Waals surface area contributed by atoms with Gasteiger partial charge < -0.3 is 14.4 Å². The van der Waals surface area contributed by atoms with E-state index in [1.165, 1.54) is 54.7 Å². The quantitative estimate of drug-likeness (QED) is 0.380. The van der Waals surface area contributed by atoms with Crippen LogP contribution in [0.3, 0.4) is 0 Å². The molecule has 1 saturated heterocycles. The van der Waals surface area contributed by atoms with Crippen LogP contribution in [0.25, 0.3) is 0 Å². The summed E-state index contributed by atoms with van der Waals surface area (Å²) in [6.07, 6.45) is 6.16. The van der Waals surface area contributed by atoms with Crippen LogP contribution in [0, 0.1) is 0 Å². The van der Waals surface area contributed by atoms with Crippen LogP contribution in [0.2, 0.25) is 0 Å². The third-order valence-electron chi connectivity index (χ3n) is 7.03. The van der Waals surface area contributed by atoms with Crippen molar-refractivity contribution < 1.29 is 9.47 Å². The van der Waals surface area contributed by atoms with Crippen LogP contribution in [-0.2, 0) is 13.0 Å². The summed E-state index contributed by atoms with van der Waals surface area (Å²) in [5.74, 6) is 1.91. The van der Waals surface area contributed by atoms with E-state index in [1.807, 2.05) is 0 Å². The molecule has 1 atom stereocenters. The van der Waals surface area contributed by atoms with E-state index < -0.39 is 0 Å². The zero-order chi connectivity index (χ0) is 22.5. The van der Waals surface area contributed by atoms with Crippen molar-refractivity contribution in [3.05, 3.63) is 83.9 Å². The molecular formula is C29H35ClN2O2. The number of aryl methyl sites for hydroxylation is 1. The molecule has 0 spiro atoms. The van der Waals surface area contributed by atoms with Gasteiger partial charge in [-0.05, 0) is 74.7 Å². The molecule has 34 heavy (non-hydrogen) atoms. The highest BCUT2D eigenvalue weighted by Gasteiger charge is 2.28. The Morgan fingerprint density at radius 1 is 0.912 bits per heavy atom. The van der Waals surface area contributed by atoms with Gasteiger partial charge in [0, 0.05) is 23.8 Å². The van der Waals surface area contributed by atoms with Crippen LogP contribution in [-0.4, -0.2) is 37.7 Å². The number of fused-ring (bicyclic) bond motifs is 2. The first kappa shape index (κ1) is 24.4. The highest BCUT2D eigenvalue weighted by Crippen LogP contribution is 2.40. The molecule has 0 aromatic heterocycles. The molecule has 2 aliphatic heterocycles. The zero-order valence-electron chi connectivity index (χ0n) is 20.0. The smallest absolute Gasteiger partial charge is 0.143 e. The standard InChI is InChI=1S/C29H34N2O2.ClH/c1-32-26-17-15-23(16-18-26)9-8-20-30-19-7-6-11-25(30)21-31-27-12-3-2-10-24(27)22-33-29-14-5-4-13-28(29)31;/h2-5,10,12-18,25H,6-9,11,19-22H2,1H3;1H/t25-;/m1./s1. The second-order valence-corrected chi connectivity index (χ2v) is 9.13. The number of anilines is 2. The van der Waals surface area contributed by atoms with Crippen LogP contribution in [0.1, 0.15) is 36.8 Å². The van der Waals surface area contributed by atoms with Crippen molar-refractivity contribution >= 4 is 23.8 Å². The number of benzene rings is 3. The second-order valence-electron chi connectivity index (χ2n) is 9.13. The maximum Gasteiger partial charge on any atom is 0.143 e. The first-order valence-electron chi connectivity index (χ1n) is 12.3. The Kier molecular flexibility index (Phi) is 8.36. The van der Waals surface area contributed by atoms with Crippen molar-refractivity contribution in [1.82, 2.24) is 4.90 Å². The second kappa shape index (κ2) is 11.6. The fraction of sp³-hybridized carbons (Fsp3) is 0.379. The molecule has 0 bridgehead atoms. The number of halogens is 1. The average molecular weight is 479 g/mol. The molecular weight excluding hydrogens is 444 g/mol. The van der Waals surface area contributed by atoms with Gasteiger partial charge in [0.25, 0.3) is 0 Å². The van der Waals surface area contributed by atoms with Crippen molar-refractivity contribution in [1.29, 1.82) is 0 Å². The maximum absolute atomic E-state index is 6.19. The van der Waals surface area contributed by atoms with Crippen molar-refractivity contribution in [2.45, 2.75) is 44.8 Å². The highest BCUT2D eigenvalue weighted by atomic mass is 35.5. The fourth-order valence-corrected chi connectivity index (χ4v) is 5.23. The summed E-state index contributed by atoms with van der Waals surface area (Å²) in [7, 11) is 1.72. The van der Waals surface area contributed by atoms with Gasteiger partial charge in [-0.2, -0.15) is 0 Å². The number of hydrogen-bond donors (Lipinski definition) is 0. The van der Waals surface area contributed by atoms with Crippen molar-refractivity contribution in [2.24, 2.45) is 0 Å². The Morgan fingerprint density at radius 2 is 1.68 bits per heavy atom. The predicted molar refractivity (Wildman–Crippen MR) is 142 cm³/mol. The normalized spacial score (nSPS) is 17.6. The molecule has 0 unspecified atom stereocenters. The zero-order valence-corrected chi connectivity index (χ0v) is 20.8. The van der Waals surface area contributed by atoms with E-state index in [4.69, 9.17) is 9.47 Å². The van der Waals surface area contributed by atoms with Gasteiger partial charge in [0.2, 0.25) is 0 Å². The first-order chi connectivity index (χ1) is 16.3. The summed E-state index contributed by atoms with van der Waals surface area (Å²) in [5, 5.41) is 0. The SMILES string of the molecule is COc1ccc(CCCN2CCCC[C@@H]2CN2c3ccccc3COc3ccccc32)cc1.Cl. The summed E-state index contributed by atoms with van der Waals surface area (Å²) in [4.78, 5) is 5.23. The lowest BCUT2D eigenvalue weighted by Gasteiger charge is -2.39. The first-order valence-corrected chi connectivity index (χ1v) is 12.3. The van der Waals surface area contributed by atoms with E-state index in [0.717, 1.165) is 31.0 Å². The minimum Gasteiger partial charge on any atom is -0.497 e. The molecule has 0 radical (unpaired) electrons. The molecule has 0 amide bonds. The third kappa shape index (κ3) is 5.51. The summed E-state index contributed by atoms with van der Waals surface area (Å²) >= 11 is 0. The van der Waals surface area contributed by atoms with Crippen LogP contribution in [0.5, 0.6) is 11.5 Å². The fourth-order valence-electron chi connectivity index (χ4n) is 5.23. The topological polar surface area (TPSA) is 24.9 Å². The molecule has 0 saturated carbocycles. The van der Waals surface area contributed by atoms with Gasteiger partial charge in [0.05, 0.1) is 12.8 Å². The summed E-state index contributed by atoms with van der Waals surface area (Å²) in [5.41, 5.74) is 5.12. The predicted octanol–water partition coefficient (Wildman–Crippen LogP) is 6.63. The molecule has 2 heterocycles. The van der Waals surface area contributed by atoms with Crippen LogP contribution < -0.4 is 14.4 Å². The molecule has 2 aliphatic rings. The number of piperidine rings is 1. The largest absolute Gasteiger partial charge is 0.497 e. The molecule has 3 aromatic carbocycles. The lowest BCUT2D eigenvalue weighted by Crippen LogP contribution is -2.46. The van der Waals surface area contributed by atoms with Gasteiger partial charge in [0.15, 0.2) is 0 Å². The number of para-hydroxylation sites is 3. The van der Waals surface area contributed by atoms with Crippen molar-refractivity contribution in [3.63, 3.8) is 0 Å². The van der Waals surface area contributed by atoms with Gasteiger partial charge >= 0.3 is 0 Å². The minimum absolute atomic E-state index is 0. The number of ether oxygens (including phenoxy) is 2. The van der Waals surface area contributed by atoms with Gasteiger partial charge in [-0.15, -0.1) is 12.4 Å². The summed E-state index contributed by atoms with van der Waals surface area (Å²) in [6.45, 7) is 3.96. The van der Waals surface area contributed by atoms with E-state index in [9.17, 15) is 0 Å². The van der Waals surface area contributed by atoms with Gasteiger partial charge in [-0.25, -0.2) is 0 Å². The third-order valence-corrected chi connectivity index (χ3v) is 7.03. The molecule has 0 aliphatic carbocycles. The van der Waals surface area contributed by atoms with Crippen LogP contribution >= 0.6 is 12.4 Å². The molecule has 1 fully saturated rings. The molecule has 0 N–H and O–H groups in total. The monoisotopic (exact) mass is 478 g/mol. The number of nitrogens with zero attached hydrogens (tertiary/aromatic N) is 2. The Morgan fingerprint density at radius 3 is 2.50 bits per heavy atom. The van der Waals surface area contributed by atoms with Gasteiger partial charge in [-0.1, -0.05) is 48.9 Å². The average Bonchev–Trinajstić information content (AvgIpc) is 3.03. The van der Waals surface area contributed by atoms with E-state index >= 15 is 0 Å². The van der Waals surface area contributed by atoms with E-state index in [1.54, 1.807) is 7.11 Å². The molecule has 3 aromatic rings. The Hall–Kier alpha value is -2.69. The Balaban J connectivity index is 0.00000274. The van der Waals surface area contributed by atoms with E-state index in [2.05, 4.69) is 82.6 Å². The molecule has 5 heteroatoms. The lowest BCUT2D eigenvalue weighted by atomic mass is 9.99. The molecule has 5 rings (SSSR count). The molecule has 180 valence electrons. The van der Waals surface area contributed by atoms with E-state index in [0.29, 0.717) is 12.6 Å². The van der Waals surface area contributed by atoms with Crippen LogP contribution in [0.15, 0.2) is 72.8 Å². The van der Waals surface area contributed by atoms with Gasteiger partial charge in [0.1, 0.15) is 18.1 Å². The Bertz CT molecular complexity index is 1010. The van der Waals surface area contributed by atoms with Crippen LogP contribution in [0.4, 0.5) is 11.4 Å². The summed E-state index contributed by atoms with van der Waals surface area (Å²) < 4.78 is 11.5. The van der Waals surface area contributed by atoms with E-state index in [-0.39, 0.29) is 12.4 Å². The van der Waals surface area contributed by atoms with Gasteiger partial charge in [-0.3, -0.25) is 4.90 Å². The number of rotatable bonds is 7. The maximum atomic E-state index is 6.19. The van der Waals surface area contributed by atoms with Crippen molar-refractivity contribution in [2.75, 3.05) is 31.6 Å². The highest BCUT2D eigenvalue weighted by molar-refractivity contribution is 5.85. The number of hydrogen-bond acceptors (Lipinski definition) is 4. The van der Waals surface area contributed by atoms with Crippen molar-refractivity contribution in [3.8, 4) is 11.5 Å². The number of likely N-dealkylation sites (tertiary alicyclic amines) is 1. The minimum atomic E-state index is 0. The molecule has 4 nitrogen and oxygen atoms in total. The Labute approximate surface area is 209 Å².